The smallest absolute Gasteiger partial charge is 0.328 e. The van der Waals surface area contributed by atoms with Crippen LogP contribution in [0, 0.1) is 0 Å². The molecule has 1 rings (SSSR count). The summed E-state index contributed by atoms with van der Waals surface area (Å²) in [5.41, 5.74) is 0. The van der Waals surface area contributed by atoms with Crippen molar-refractivity contribution >= 4 is 11.9 Å². The average molecular weight is 226 g/mol. The largest absolute Gasteiger partial charge is 0.478 e. The number of hydrogen-bond acceptors (Lipinski definition) is 3. The van der Waals surface area contributed by atoms with E-state index in [-0.39, 0.29) is 11.9 Å². The van der Waals surface area contributed by atoms with E-state index in [1.165, 1.54) is 0 Å². The molecule has 1 saturated heterocycles. The van der Waals surface area contributed by atoms with E-state index in [4.69, 9.17) is 5.11 Å². The number of hydrogen-bond donors (Lipinski definition) is 2. The highest BCUT2D eigenvalue weighted by Gasteiger charge is 2.22. The van der Waals surface area contributed by atoms with E-state index in [9.17, 15) is 9.59 Å². The average Bonchev–Trinajstić information content (AvgIpc) is 2.29. The molecule has 0 bridgehead atoms. The highest BCUT2D eigenvalue weighted by molar-refractivity contribution is 5.94. The molecule has 90 valence electrons. The zero-order valence-electron chi connectivity index (χ0n) is 9.48. The number of piperidine rings is 1. The zero-order valence-corrected chi connectivity index (χ0v) is 9.48. The van der Waals surface area contributed by atoms with Gasteiger partial charge in [-0.1, -0.05) is 0 Å². The number of carboxylic acids is 1. The van der Waals surface area contributed by atoms with Gasteiger partial charge >= 0.3 is 5.97 Å². The molecule has 1 fully saturated rings. The van der Waals surface area contributed by atoms with Crippen molar-refractivity contribution in [3.05, 3.63) is 12.2 Å². The van der Waals surface area contributed by atoms with Crippen LogP contribution in [0.3, 0.4) is 0 Å². The van der Waals surface area contributed by atoms with E-state index >= 15 is 0 Å². The Morgan fingerprint density at radius 1 is 1.38 bits per heavy atom. The molecule has 0 aromatic rings. The molecule has 0 atom stereocenters. The number of likely N-dealkylation sites (N-methyl/N-ethyl adjacent to an activating group) is 1. The summed E-state index contributed by atoms with van der Waals surface area (Å²) in [6.07, 6.45) is 3.89. The first kappa shape index (κ1) is 12.7. The fourth-order valence-electron chi connectivity index (χ4n) is 1.95. The van der Waals surface area contributed by atoms with Crippen LogP contribution in [0.5, 0.6) is 0 Å². The summed E-state index contributed by atoms with van der Waals surface area (Å²) in [6, 6.07) is 0.234. The summed E-state index contributed by atoms with van der Waals surface area (Å²) in [4.78, 5) is 23.8. The molecule has 0 unspecified atom stereocenters. The summed E-state index contributed by atoms with van der Waals surface area (Å²) in [5, 5.41) is 11.7. The molecule has 1 aliphatic rings. The summed E-state index contributed by atoms with van der Waals surface area (Å²) >= 11 is 0. The quantitative estimate of drug-likeness (QED) is 0.673. The maximum atomic E-state index is 11.7. The molecule has 1 aliphatic heterocycles. The molecular formula is C11H18N2O3. The van der Waals surface area contributed by atoms with Crippen molar-refractivity contribution in [2.24, 2.45) is 0 Å². The van der Waals surface area contributed by atoms with Crippen molar-refractivity contribution in [2.75, 3.05) is 19.6 Å². The third-order valence-corrected chi connectivity index (χ3v) is 2.74. The molecular weight excluding hydrogens is 208 g/mol. The summed E-state index contributed by atoms with van der Waals surface area (Å²) < 4.78 is 0. The van der Waals surface area contributed by atoms with Crippen molar-refractivity contribution in [2.45, 2.75) is 25.8 Å². The molecule has 0 aliphatic carbocycles. The number of nitrogens with zero attached hydrogens (tertiary/aromatic N) is 1. The Bertz CT molecular complexity index is 283. The van der Waals surface area contributed by atoms with Crippen molar-refractivity contribution < 1.29 is 14.7 Å². The molecule has 0 saturated carbocycles. The topological polar surface area (TPSA) is 69.6 Å². The minimum Gasteiger partial charge on any atom is -0.478 e. The van der Waals surface area contributed by atoms with Crippen LogP contribution >= 0.6 is 0 Å². The lowest BCUT2D eigenvalue weighted by Crippen LogP contribution is -2.45. The second-order valence-electron chi connectivity index (χ2n) is 3.78. The van der Waals surface area contributed by atoms with Gasteiger partial charge in [-0.05, 0) is 32.9 Å². The first-order valence-corrected chi connectivity index (χ1v) is 5.57. The Labute approximate surface area is 95.1 Å². The normalized spacial score (nSPS) is 17.6. The Morgan fingerprint density at radius 3 is 2.50 bits per heavy atom. The monoisotopic (exact) mass is 226 g/mol. The van der Waals surface area contributed by atoms with Crippen LogP contribution in [0.2, 0.25) is 0 Å². The maximum absolute atomic E-state index is 11.7. The van der Waals surface area contributed by atoms with Gasteiger partial charge in [0.25, 0.3) is 0 Å². The SMILES string of the molecule is CCN(C(=O)/C=C/C(=O)O)C1CCNCC1. The standard InChI is InChI=1S/C11H18N2O3/c1-2-13(9-5-7-12-8-6-9)10(14)3-4-11(15)16/h3-4,9,12H,2,5-8H2,1H3,(H,15,16)/b4-3+. The summed E-state index contributed by atoms with van der Waals surface area (Å²) in [6.45, 7) is 4.36. The van der Waals surface area contributed by atoms with E-state index in [1.54, 1.807) is 4.90 Å². The second-order valence-corrected chi connectivity index (χ2v) is 3.78. The van der Waals surface area contributed by atoms with E-state index in [0.29, 0.717) is 6.54 Å². The number of nitrogens with one attached hydrogen (secondary N) is 1. The summed E-state index contributed by atoms with van der Waals surface area (Å²) in [7, 11) is 0. The lowest BCUT2D eigenvalue weighted by Gasteiger charge is -2.33. The molecule has 0 aromatic carbocycles. The van der Waals surface area contributed by atoms with Crippen molar-refractivity contribution in [1.29, 1.82) is 0 Å². The predicted octanol–water partition coefficient (Wildman–Crippen LogP) is 0.228. The zero-order chi connectivity index (χ0) is 12.0. The third-order valence-electron chi connectivity index (χ3n) is 2.74. The molecule has 0 radical (unpaired) electrons. The Hall–Kier alpha value is -1.36. The van der Waals surface area contributed by atoms with Crippen molar-refractivity contribution in [3.8, 4) is 0 Å². The highest BCUT2D eigenvalue weighted by atomic mass is 16.4. The van der Waals surface area contributed by atoms with Gasteiger partial charge in [0, 0.05) is 24.7 Å². The number of amides is 1. The third kappa shape index (κ3) is 3.66. The molecule has 2 N–H and O–H groups in total. The van der Waals surface area contributed by atoms with Crippen LogP contribution < -0.4 is 5.32 Å². The molecule has 16 heavy (non-hydrogen) atoms. The van der Waals surface area contributed by atoms with Crippen molar-refractivity contribution in [1.82, 2.24) is 10.2 Å². The van der Waals surface area contributed by atoms with Gasteiger partial charge in [-0.15, -0.1) is 0 Å². The van der Waals surface area contributed by atoms with Crippen LogP contribution in [0.4, 0.5) is 0 Å². The number of rotatable bonds is 4. The maximum Gasteiger partial charge on any atom is 0.328 e. The van der Waals surface area contributed by atoms with Gasteiger partial charge in [-0.25, -0.2) is 4.79 Å². The molecule has 1 heterocycles. The molecule has 5 nitrogen and oxygen atoms in total. The number of carbonyl (C=O) groups excluding carboxylic acids is 1. The van der Waals surface area contributed by atoms with E-state index in [1.807, 2.05) is 6.92 Å². The minimum atomic E-state index is -1.09. The Morgan fingerprint density at radius 2 is 2.00 bits per heavy atom. The van der Waals surface area contributed by atoms with Crippen molar-refractivity contribution in [3.63, 3.8) is 0 Å². The van der Waals surface area contributed by atoms with Crippen LogP contribution in [-0.4, -0.2) is 47.6 Å². The van der Waals surface area contributed by atoms with Gasteiger partial charge in [0.05, 0.1) is 0 Å². The fraction of sp³-hybridized carbons (Fsp3) is 0.636. The highest BCUT2D eigenvalue weighted by Crippen LogP contribution is 2.12. The Balaban J connectivity index is 2.58. The lowest BCUT2D eigenvalue weighted by molar-refractivity contribution is -0.133. The fourth-order valence-corrected chi connectivity index (χ4v) is 1.95. The predicted molar refractivity (Wildman–Crippen MR) is 60.1 cm³/mol. The number of carbonyl (C=O) groups is 2. The first-order valence-electron chi connectivity index (χ1n) is 5.57. The van der Waals surface area contributed by atoms with Gasteiger partial charge < -0.3 is 15.3 Å². The number of aliphatic carboxylic acids is 1. The summed E-state index contributed by atoms with van der Waals surface area (Å²) in [5.74, 6) is -1.30. The van der Waals surface area contributed by atoms with Gasteiger partial charge in [0.1, 0.15) is 0 Å². The molecule has 0 spiro atoms. The Kier molecular flexibility index (Phi) is 4.98. The van der Waals surface area contributed by atoms with E-state index in [2.05, 4.69) is 5.32 Å². The minimum absolute atomic E-state index is 0.211. The van der Waals surface area contributed by atoms with Crippen LogP contribution in [-0.2, 0) is 9.59 Å². The molecule has 0 aromatic heterocycles. The van der Waals surface area contributed by atoms with E-state index in [0.717, 1.165) is 38.1 Å². The van der Waals surface area contributed by atoms with Gasteiger partial charge in [0.2, 0.25) is 5.91 Å². The number of carboxylic acid groups (broad SMARTS) is 1. The lowest BCUT2D eigenvalue weighted by atomic mass is 10.0. The van der Waals surface area contributed by atoms with Crippen LogP contribution in [0.15, 0.2) is 12.2 Å². The van der Waals surface area contributed by atoms with Gasteiger partial charge in [0.15, 0.2) is 0 Å². The molecule has 5 heteroatoms. The second kappa shape index (κ2) is 6.27. The van der Waals surface area contributed by atoms with Crippen LogP contribution in [0.1, 0.15) is 19.8 Å². The first-order chi connectivity index (χ1) is 7.65. The van der Waals surface area contributed by atoms with E-state index < -0.39 is 5.97 Å². The molecule has 1 amide bonds. The van der Waals surface area contributed by atoms with Gasteiger partial charge in [-0.3, -0.25) is 4.79 Å². The van der Waals surface area contributed by atoms with Crippen LogP contribution in [0.25, 0.3) is 0 Å². The van der Waals surface area contributed by atoms with Gasteiger partial charge in [-0.2, -0.15) is 0 Å².